The lowest BCUT2D eigenvalue weighted by Gasteiger charge is -2.37. The molecule has 2 heterocycles. The number of anilines is 1. The fourth-order valence-corrected chi connectivity index (χ4v) is 6.54. The molecule has 2 aliphatic rings. The molecule has 0 saturated carbocycles. The Morgan fingerprint density at radius 3 is 2.38 bits per heavy atom. The van der Waals surface area contributed by atoms with Crippen molar-refractivity contribution in [3.63, 3.8) is 0 Å². The summed E-state index contributed by atoms with van der Waals surface area (Å²) in [5.74, 6) is 1.00. The fourth-order valence-electron chi connectivity index (χ4n) is 6.54. The van der Waals surface area contributed by atoms with E-state index in [1.807, 2.05) is 0 Å². The normalized spacial score (nSPS) is 17.3. The average Bonchev–Trinajstić information content (AvgIpc) is 2.97. The van der Waals surface area contributed by atoms with Crippen molar-refractivity contribution in [1.82, 2.24) is 14.9 Å². The minimum absolute atomic E-state index is 0.00170. The quantitative estimate of drug-likeness (QED) is 0.342. The van der Waals surface area contributed by atoms with Gasteiger partial charge in [0.1, 0.15) is 5.82 Å². The Bertz CT molecular complexity index is 1290. The second-order valence-electron chi connectivity index (χ2n) is 11.0. The minimum atomic E-state index is -0.794. The Hall–Kier alpha value is -3.25. The molecule has 1 saturated heterocycles. The maximum atomic E-state index is 12.1. The summed E-state index contributed by atoms with van der Waals surface area (Å²) in [6.45, 7) is 8.95. The smallest absolute Gasteiger partial charge is 0.317 e. The lowest BCUT2D eigenvalue weighted by Crippen LogP contribution is -2.37. The summed E-state index contributed by atoms with van der Waals surface area (Å²) in [6.07, 6.45) is 8.49. The zero-order chi connectivity index (χ0) is 27.4. The highest BCUT2D eigenvalue weighted by Crippen LogP contribution is 2.37. The number of aromatic nitrogens is 2. The van der Waals surface area contributed by atoms with Crippen molar-refractivity contribution < 1.29 is 9.90 Å². The van der Waals surface area contributed by atoms with Crippen LogP contribution in [-0.4, -0.2) is 45.6 Å². The molecule has 1 aromatic heterocycles. The van der Waals surface area contributed by atoms with Gasteiger partial charge in [-0.15, -0.1) is 0 Å². The number of rotatable bonds is 9. The molecule has 0 bridgehead atoms. The van der Waals surface area contributed by atoms with Gasteiger partial charge in [-0.1, -0.05) is 56.3 Å². The van der Waals surface area contributed by atoms with Gasteiger partial charge in [0.05, 0.1) is 6.54 Å². The summed E-state index contributed by atoms with van der Waals surface area (Å²) in [5.41, 5.74) is 8.34. The van der Waals surface area contributed by atoms with Crippen molar-refractivity contribution in [2.24, 2.45) is 0 Å². The van der Waals surface area contributed by atoms with Crippen LogP contribution in [0.4, 0.5) is 5.82 Å². The van der Waals surface area contributed by atoms with Crippen molar-refractivity contribution >= 4 is 11.8 Å². The number of carboxylic acid groups (broad SMARTS) is 1. The van der Waals surface area contributed by atoms with Crippen LogP contribution in [0.3, 0.4) is 0 Å². The summed E-state index contributed by atoms with van der Waals surface area (Å²) >= 11 is 0. The Balaban J connectivity index is 1.61. The first-order valence-corrected chi connectivity index (χ1v) is 14.8. The van der Waals surface area contributed by atoms with Gasteiger partial charge in [-0.2, -0.15) is 0 Å². The van der Waals surface area contributed by atoms with Gasteiger partial charge in [0.25, 0.3) is 0 Å². The Labute approximate surface area is 233 Å². The third kappa shape index (κ3) is 5.86. The topological polar surface area (TPSA) is 69.6 Å². The summed E-state index contributed by atoms with van der Waals surface area (Å²) in [7, 11) is 0. The van der Waals surface area contributed by atoms with Crippen molar-refractivity contribution in [2.45, 2.75) is 84.7 Å². The molecule has 3 aromatic rings. The number of nitrogens with zero attached hydrogens (tertiary/aromatic N) is 4. The second-order valence-corrected chi connectivity index (χ2v) is 11.0. The molecule has 1 aliphatic carbocycles. The number of hydrogen-bond donors (Lipinski definition) is 1. The standard InChI is InChI=1S/C33H42N4O2/c1-4-24-14-11-15-25(5-2)31(24)32-34-23(3)28(33(35-32)36-19-9-6-10-20-36)21-37(22-30(38)39)29-18-12-16-26-13-7-8-17-27(26)29/h7-8,11,13-15,17,29H,4-6,9-10,12,16,18-22H2,1-3H3,(H,38,39)/t29-/m0/s1. The molecule has 6 heteroatoms. The minimum Gasteiger partial charge on any atom is -0.480 e. The number of aryl methyl sites for hydroxylation is 4. The van der Waals surface area contributed by atoms with Crippen LogP contribution in [0.25, 0.3) is 11.4 Å². The molecule has 5 rings (SSSR count). The average molecular weight is 527 g/mol. The van der Waals surface area contributed by atoms with E-state index in [4.69, 9.17) is 9.97 Å². The molecule has 39 heavy (non-hydrogen) atoms. The highest BCUT2D eigenvalue weighted by molar-refractivity contribution is 5.70. The molecular formula is C33H42N4O2. The van der Waals surface area contributed by atoms with Crippen LogP contribution in [-0.2, 0) is 30.6 Å². The van der Waals surface area contributed by atoms with E-state index in [0.29, 0.717) is 6.54 Å². The van der Waals surface area contributed by atoms with E-state index in [9.17, 15) is 9.90 Å². The predicted molar refractivity (Wildman–Crippen MR) is 157 cm³/mol. The molecule has 0 unspecified atom stereocenters. The molecule has 0 radical (unpaired) electrons. The fraction of sp³-hybridized carbons (Fsp3) is 0.485. The van der Waals surface area contributed by atoms with E-state index < -0.39 is 5.97 Å². The molecular weight excluding hydrogens is 484 g/mol. The molecule has 2 aromatic carbocycles. The van der Waals surface area contributed by atoms with E-state index in [-0.39, 0.29) is 12.6 Å². The SMILES string of the molecule is CCc1cccc(CC)c1-c1nc(C)c(CN(CC(=O)O)[C@H]2CCCc3ccccc32)c(N2CCCCC2)n1. The number of benzene rings is 2. The van der Waals surface area contributed by atoms with Gasteiger partial charge >= 0.3 is 5.97 Å². The van der Waals surface area contributed by atoms with Crippen LogP contribution >= 0.6 is 0 Å². The summed E-state index contributed by atoms with van der Waals surface area (Å²) in [5, 5.41) is 9.95. The monoisotopic (exact) mass is 526 g/mol. The van der Waals surface area contributed by atoms with Crippen molar-refractivity contribution in [2.75, 3.05) is 24.5 Å². The number of aliphatic carboxylic acids is 1. The van der Waals surface area contributed by atoms with E-state index in [1.54, 1.807) is 0 Å². The Kier molecular flexibility index (Phi) is 8.61. The molecule has 1 fully saturated rings. The van der Waals surface area contributed by atoms with Gasteiger partial charge < -0.3 is 10.0 Å². The van der Waals surface area contributed by atoms with Gasteiger partial charge in [0.15, 0.2) is 5.82 Å². The molecule has 1 atom stereocenters. The van der Waals surface area contributed by atoms with Crippen LogP contribution in [0.5, 0.6) is 0 Å². The number of fused-ring (bicyclic) bond motifs is 1. The highest BCUT2D eigenvalue weighted by Gasteiger charge is 2.30. The molecule has 0 spiro atoms. The molecule has 1 aliphatic heterocycles. The first kappa shape index (κ1) is 27.3. The zero-order valence-corrected chi connectivity index (χ0v) is 23.7. The van der Waals surface area contributed by atoms with Gasteiger partial charge in [0, 0.05) is 42.5 Å². The molecule has 1 N–H and O–H groups in total. The number of carboxylic acids is 1. The lowest BCUT2D eigenvalue weighted by molar-refractivity contribution is -0.139. The molecule has 206 valence electrons. The van der Waals surface area contributed by atoms with E-state index >= 15 is 0 Å². The van der Waals surface area contributed by atoms with Gasteiger partial charge in [0.2, 0.25) is 0 Å². The summed E-state index contributed by atoms with van der Waals surface area (Å²) in [6, 6.07) is 15.1. The highest BCUT2D eigenvalue weighted by atomic mass is 16.4. The predicted octanol–water partition coefficient (Wildman–Crippen LogP) is 6.53. The third-order valence-electron chi connectivity index (χ3n) is 8.55. The van der Waals surface area contributed by atoms with Crippen LogP contribution in [0.15, 0.2) is 42.5 Å². The largest absolute Gasteiger partial charge is 0.480 e. The summed E-state index contributed by atoms with van der Waals surface area (Å²) in [4.78, 5) is 27.1. The number of piperidine rings is 1. The van der Waals surface area contributed by atoms with Crippen molar-refractivity contribution in [3.8, 4) is 11.4 Å². The van der Waals surface area contributed by atoms with Crippen molar-refractivity contribution in [1.29, 1.82) is 0 Å². The summed E-state index contributed by atoms with van der Waals surface area (Å²) < 4.78 is 0. The first-order valence-electron chi connectivity index (χ1n) is 14.8. The Morgan fingerprint density at radius 1 is 0.974 bits per heavy atom. The molecule has 0 amide bonds. The zero-order valence-electron chi connectivity index (χ0n) is 23.7. The number of hydrogen-bond acceptors (Lipinski definition) is 5. The Morgan fingerprint density at radius 2 is 1.69 bits per heavy atom. The maximum Gasteiger partial charge on any atom is 0.317 e. The van der Waals surface area contributed by atoms with E-state index in [2.05, 4.69) is 73.0 Å². The van der Waals surface area contributed by atoms with Crippen molar-refractivity contribution in [3.05, 3.63) is 76.0 Å². The van der Waals surface area contributed by atoms with Crippen LogP contribution < -0.4 is 4.90 Å². The third-order valence-corrected chi connectivity index (χ3v) is 8.55. The van der Waals surface area contributed by atoms with Gasteiger partial charge in [-0.3, -0.25) is 9.69 Å². The maximum absolute atomic E-state index is 12.1. The first-order chi connectivity index (χ1) is 19.0. The van der Waals surface area contributed by atoms with Gasteiger partial charge in [-0.05, 0) is 80.5 Å². The second kappa shape index (κ2) is 12.3. The van der Waals surface area contributed by atoms with Crippen LogP contribution in [0, 0.1) is 6.92 Å². The lowest BCUT2D eigenvalue weighted by atomic mass is 9.86. The van der Waals surface area contributed by atoms with E-state index in [1.165, 1.54) is 34.2 Å². The number of carbonyl (C=O) groups is 1. The van der Waals surface area contributed by atoms with Gasteiger partial charge in [-0.25, -0.2) is 9.97 Å². The van der Waals surface area contributed by atoms with Crippen LogP contribution in [0.1, 0.15) is 85.5 Å². The van der Waals surface area contributed by atoms with E-state index in [0.717, 1.165) is 80.9 Å². The van der Waals surface area contributed by atoms with Crippen LogP contribution in [0.2, 0.25) is 0 Å². The molecule has 6 nitrogen and oxygen atoms in total.